The second kappa shape index (κ2) is 6.23. The average molecular weight is 280 g/mol. The number of carbonyl (C=O) groups excluding carboxylic acids is 1. The standard InChI is InChI=1S/C13H16N2O5/c1-2-7-19-13(18)15-5-3-9(4-6-15)11-14-10(8-20-11)12(16)17/h2,8-9H,1,3-7H2,(H,16,17). The molecular weight excluding hydrogens is 264 g/mol. The number of ether oxygens (including phenoxy) is 1. The van der Waals surface area contributed by atoms with Gasteiger partial charge in [-0.1, -0.05) is 12.7 Å². The molecule has 20 heavy (non-hydrogen) atoms. The van der Waals surface area contributed by atoms with Crippen LogP contribution in [0, 0.1) is 0 Å². The third kappa shape index (κ3) is 3.17. The van der Waals surface area contributed by atoms with E-state index in [-0.39, 0.29) is 24.3 Å². The molecule has 1 aromatic rings. The van der Waals surface area contributed by atoms with Crippen LogP contribution in [0.4, 0.5) is 4.79 Å². The number of aromatic nitrogens is 1. The molecule has 0 unspecified atom stereocenters. The second-order valence-electron chi connectivity index (χ2n) is 4.50. The molecule has 0 radical (unpaired) electrons. The van der Waals surface area contributed by atoms with Crippen LogP contribution >= 0.6 is 0 Å². The summed E-state index contributed by atoms with van der Waals surface area (Å²) in [7, 11) is 0. The van der Waals surface area contributed by atoms with E-state index in [1.807, 2.05) is 0 Å². The zero-order valence-corrected chi connectivity index (χ0v) is 10.9. The smallest absolute Gasteiger partial charge is 0.410 e. The molecule has 1 aliphatic rings. The van der Waals surface area contributed by atoms with Gasteiger partial charge in [0.2, 0.25) is 0 Å². The lowest BCUT2D eigenvalue weighted by Gasteiger charge is -2.29. The molecule has 2 heterocycles. The zero-order valence-electron chi connectivity index (χ0n) is 10.9. The van der Waals surface area contributed by atoms with Crippen molar-refractivity contribution in [1.82, 2.24) is 9.88 Å². The molecular formula is C13H16N2O5. The molecule has 1 aliphatic heterocycles. The summed E-state index contributed by atoms with van der Waals surface area (Å²) in [6.07, 6.45) is 3.64. The Labute approximate surface area is 115 Å². The van der Waals surface area contributed by atoms with Gasteiger partial charge in [0, 0.05) is 19.0 Å². The Morgan fingerprint density at radius 3 is 2.80 bits per heavy atom. The number of likely N-dealkylation sites (tertiary alicyclic amines) is 1. The molecule has 7 nitrogen and oxygen atoms in total. The molecule has 1 saturated heterocycles. The summed E-state index contributed by atoms with van der Waals surface area (Å²) in [5, 5.41) is 8.79. The van der Waals surface area contributed by atoms with Crippen molar-refractivity contribution in [2.24, 2.45) is 0 Å². The highest BCUT2D eigenvalue weighted by atomic mass is 16.6. The SMILES string of the molecule is C=CCOC(=O)N1CCC(c2nc(C(=O)O)co2)CC1. The highest BCUT2D eigenvalue weighted by Crippen LogP contribution is 2.27. The van der Waals surface area contributed by atoms with E-state index in [9.17, 15) is 9.59 Å². The van der Waals surface area contributed by atoms with Gasteiger partial charge in [0.25, 0.3) is 0 Å². The fraction of sp³-hybridized carbons (Fsp3) is 0.462. The zero-order chi connectivity index (χ0) is 14.5. The Balaban J connectivity index is 1.88. The summed E-state index contributed by atoms with van der Waals surface area (Å²) < 4.78 is 10.1. The molecule has 0 aliphatic carbocycles. The summed E-state index contributed by atoms with van der Waals surface area (Å²) in [6.45, 7) is 4.74. The number of rotatable bonds is 4. The first-order chi connectivity index (χ1) is 9.61. The largest absolute Gasteiger partial charge is 0.476 e. The van der Waals surface area contributed by atoms with E-state index in [4.69, 9.17) is 14.3 Å². The summed E-state index contributed by atoms with van der Waals surface area (Å²) in [5.41, 5.74) is -0.0900. The second-order valence-corrected chi connectivity index (χ2v) is 4.50. The van der Waals surface area contributed by atoms with Crippen LogP contribution in [0.1, 0.15) is 35.1 Å². The molecule has 0 atom stereocenters. The highest BCUT2D eigenvalue weighted by Gasteiger charge is 2.28. The third-order valence-electron chi connectivity index (χ3n) is 3.17. The Kier molecular flexibility index (Phi) is 4.39. The number of amides is 1. The fourth-order valence-electron chi connectivity index (χ4n) is 2.10. The van der Waals surface area contributed by atoms with Crippen molar-refractivity contribution >= 4 is 12.1 Å². The van der Waals surface area contributed by atoms with Crippen LogP contribution < -0.4 is 0 Å². The van der Waals surface area contributed by atoms with Gasteiger partial charge < -0.3 is 19.2 Å². The summed E-state index contributed by atoms with van der Waals surface area (Å²) in [6, 6.07) is 0. The summed E-state index contributed by atoms with van der Waals surface area (Å²) in [4.78, 5) is 27.9. The molecule has 0 bridgehead atoms. The molecule has 1 amide bonds. The number of nitrogens with zero attached hydrogens (tertiary/aromatic N) is 2. The minimum atomic E-state index is -1.11. The Morgan fingerprint density at radius 1 is 1.55 bits per heavy atom. The van der Waals surface area contributed by atoms with E-state index in [0.717, 1.165) is 6.26 Å². The molecule has 0 spiro atoms. The fourth-order valence-corrected chi connectivity index (χ4v) is 2.10. The Bertz CT molecular complexity index is 503. The van der Waals surface area contributed by atoms with Gasteiger partial charge in [-0.3, -0.25) is 0 Å². The van der Waals surface area contributed by atoms with Crippen LogP contribution in [0.25, 0.3) is 0 Å². The Morgan fingerprint density at radius 2 is 2.25 bits per heavy atom. The van der Waals surface area contributed by atoms with Crippen LogP contribution in [0.3, 0.4) is 0 Å². The summed E-state index contributed by atoms with van der Waals surface area (Å²) >= 11 is 0. The van der Waals surface area contributed by atoms with E-state index in [0.29, 0.717) is 31.8 Å². The van der Waals surface area contributed by atoms with E-state index in [2.05, 4.69) is 11.6 Å². The van der Waals surface area contributed by atoms with Gasteiger partial charge in [0.05, 0.1) is 0 Å². The van der Waals surface area contributed by atoms with Crippen molar-refractivity contribution in [3.05, 3.63) is 30.5 Å². The number of aromatic carboxylic acids is 1. The maximum absolute atomic E-state index is 11.6. The molecule has 108 valence electrons. The molecule has 7 heteroatoms. The number of carbonyl (C=O) groups is 2. The molecule has 1 fully saturated rings. The lowest BCUT2D eigenvalue weighted by molar-refractivity contribution is 0.0690. The van der Waals surface area contributed by atoms with E-state index >= 15 is 0 Å². The molecule has 0 saturated carbocycles. The lowest BCUT2D eigenvalue weighted by atomic mass is 9.97. The minimum absolute atomic E-state index is 0.0338. The number of hydrogen-bond acceptors (Lipinski definition) is 5. The number of piperidine rings is 1. The van der Waals surface area contributed by atoms with Crippen LogP contribution in [-0.2, 0) is 4.74 Å². The lowest BCUT2D eigenvalue weighted by Crippen LogP contribution is -2.38. The van der Waals surface area contributed by atoms with E-state index in [1.165, 1.54) is 6.08 Å². The van der Waals surface area contributed by atoms with Gasteiger partial charge in [0.1, 0.15) is 12.9 Å². The number of carboxylic acids is 1. The van der Waals surface area contributed by atoms with Crippen LogP contribution in [-0.4, -0.2) is 46.7 Å². The predicted molar refractivity (Wildman–Crippen MR) is 68.6 cm³/mol. The van der Waals surface area contributed by atoms with Gasteiger partial charge in [-0.25, -0.2) is 14.6 Å². The van der Waals surface area contributed by atoms with Crippen molar-refractivity contribution in [1.29, 1.82) is 0 Å². The van der Waals surface area contributed by atoms with Crippen molar-refractivity contribution < 1.29 is 23.8 Å². The number of carboxylic acid groups (broad SMARTS) is 1. The molecule has 2 rings (SSSR count). The van der Waals surface area contributed by atoms with Crippen molar-refractivity contribution in [3.63, 3.8) is 0 Å². The van der Waals surface area contributed by atoms with Gasteiger partial charge in [-0.2, -0.15) is 0 Å². The first-order valence-electron chi connectivity index (χ1n) is 6.33. The molecule has 0 aromatic carbocycles. The Hall–Kier alpha value is -2.31. The minimum Gasteiger partial charge on any atom is -0.476 e. The summed E-state index contributed by atoms with van der Waals surface area (Å²) in [5.74, 6) is -0.654. The highest BCUT2D eigenvalue weighted by molar-refractivity contribution is 5.84. The normalized spacial score (nSPS) is 15.9. The number of hydrogen-bond donors (Lipinski definition) is 1. The first-order valence-corrected chi connectivity index (χ1v) is 6.33. The van der Waals surface area contributed by atoms with Crippen LogP contribution in [0.5, 0.6) is 0 Å². The van der Waals surface area contributed by atoms with E-state index < -0.39 is 5.97 Å². The monoisotopic (exact) mass is 280 g/mol. The molecule has 1 N–H and O–H groups in total. The van der Waals surface area contributed by atoms with Crippen molar-refractivity contribution in [3.8, 4) is 0 Å². The topological polar surface area (TPSA) is 92.9 Å². The average Bonchev–Trinajstić information content (AvgIpc) is 2.95. The van der Waals surface area contributed by atoms with Crippen LogP contribution in [0.2, 0.25) is 0 Å². The molecule has 1 aromatic heterocycles. The van der Waals surface area contributed by atoms with E-state index in [1.54, 1.807) is 4.90 Å². The van der Waals surface area contributed by atoms with Crippen LogP contribution in [0.15, 0.2) is 23.3 Å². The van der Waals surface area contributed by atoms with Gasteiger partial charge >= 0.3 is 12.1 Å². The van der Waals surface area contributed by atoms with Gasteiger partial charge in [-0.05, 0) is 12.8 Å². The first kappa shape index (κ1) is 14.1. The predicted octanol–water partition coefficient (Wildman–Crippen LogP) is 1.87. The van der Waals surface area contributed by atoms with Crippen molar-refractivity contribution in [2.75, 3.05) is 19.7 Å². The van der Waals surface area contributed by atoms with Gasteiger partial charge in [0.15, 0.2) is 11.6 Å². The maximum atomic E-state index is 11.6. The van der Waals surface area contributed by atoms with Crippen molar-refractivity contribution in [2.45, 2.75) is 18.8 Å². The quantitative estimate of drug-likeness (QED) is 0.846. The number of oxazole rings is 1. The third-order valence-corrected chi connectivity index (χ3v) is 3.17. The van der Waals surface area contributed by atoms with Gasteiger partial charge in [-0.15, -0.1) is 0 Å². The maximum Gasteiger partial charge on any atom is 0.410 e.